The van der Waals surface area contributed by atoms with E-state index in [-0.39, 0.29) is 0 Å². The number of hydrogen-bond acceptors (Lipinski definition) is 4. The first-order valence-electron chi connectivity index (χ1n) is 11.0. The Kier molecular flexibility index (Phi) is 7.04. The topological polar surface area (TPSA) is 36.9 Å². The molecule has 0 amide bonds. The molecule has 0 spiro atoms. The zero-order valence-electron chi connectivity index (χ0n) is 19.8. The molecule has 0 radical (unpaired) electrons. The molecular formula is C24H15F12O4P. The SMILES string of the molecule is FC(F)(F)C1(C(F)(F)F)OP(Oc2ccccc2)(Oc2ccccc2)(c2ccccc2)OC1(C(F)(F)F)C(F)(F)F. The van der Waals surface area contributed by atoms with Gasteiger partial charge in [0.05, 0.1) is 0 Å². The van der Waals surface area contributed by atoms with Crippen molar-refractivity contribution in [3.63, 3.8) is 0 Å². The van der Waals surface area contributed by atoms with Crippen molar-refractivity contribution in [2.24, 2.45) is 0 Å². The van der Waals surface area contributed by atoms with E-state index in [0.29, 0.717) is 12.1 Å². The summed E-state index contributed by atoms with van der Waals surface area (Å²) in [6.07, 6.45) is -29.9. The second-order valence-electron chi connectivity index (χ2n) is 8.49. The van der Waals surface area contributed by atoms with Crippen LogP contribution in [0.25, 0.3) is 0 Å². The maximum atomic E-state index is 14.6. The third-order valence-corrected chi connectivity index (χ3v) is 9.24. The van der Waals surface area contributed by atoms with E-state index in [1.54, 1.807) is 0 Å². The number of hydrogen-bond donors (Lipinski definition) is 0. The summed E-state index contributed by atoms with van der Waals surface area (Å²) in [4.78, 5) is 0. The van der Waals surface area contributed by atoms with Gasteiger partial charge in [0.25, 0.3) is 0 Å². The van der Waals surface area contributed by atoms with Crippen LogP contribution in [0.5, 0.6) is 11.5 Å². The van der Waals surface area contributed by atoms with Gasteiger partial charge in [0.15, 0.2) is 0 Å². The molecule has 0 unspecified atom stereocenters. The van der Waals surface area contributed by atoms with Gasteiger partial charge in [-0.25, -0.2) is 0 Å². The molecule has 0 aliphatic carbocycles. The second kappa shape index (κ2) is 9.39. The third kappa shape index (κ3) is 4.47. The van der Waals surface area contributed by atoms with E-state index in [4.69, 9.17) is 9.05 Å². The Bertz CT molecular complexity index is 1240. The van der Waals surface area contributed by atoms with Gasteiger partial charge in [-0.2, -0.15) is 0 Å². The number of para-hydroxylation sites is 2. The van der Waals surface area contributed by atoms with Crippen molar-refractivity contribution >= 4 is 12.8 Å². The van der Waals surface area contributed by atoms with Crippen LogP contribution in [0.1, 0.15) is 0 Å². The van der Waals surface area contributed by atoms with E-state index in [2.05, 4.69) is 9.05 Å². The Labute approximate surface area is 222 Å². The molecule has 1 saturated heterocycles. The quantitative estimate of drug-likeness (QED) is 0.211. The van der Waals surface area contributed by atoms with E-state index in [0.717, 1.165) is 66.7 Å². The molecule has 3 aromatic rings. The molecule has 0 N–H and O–H groups in total. The van der Waals surface area contributed by atoms with Gasteiger partial charge >= 0.3 is 222 Å². The van der Waals surface area contributed by atoms with Gasteiger partial charge in [-0.3, -0.25) is 0 Å². The first-order valence-corrected chi connectivity index (χ1v) is 12.9. The first kappa shape index (κ1) is 30.7. The number of alkyl halides is 12. The summed E-state index contributed by atoms with van der Waals surface area (Å²) in [7, 11) is -7.67. The molecule has 224 valence electrons. The fourth-order valence-electron chi connectivity index (χ4n) is 4.25. The van der Waals surface area contributed by atoms with E-state index in [1.807, 2.05) is 0 Å². The van der Waals surface area contributed by atoms with Crippen molar-refractivity contribution in [1.82, 2.24) is 0 Å². The molecule has 1 aliphatic rings. The monoisotopic (exact) mass is 626 g/mol. The summed E-state index contributed by atoms with van der Waals surface area (Å²) in [6, 6.07) is 14.1. The molecule has 0 bridgehead atoms. The zero-order chi connectivity index (χ0) is 30.6. The summed E-state index contributed by atoms with van der Waals surface area (Å²) >= 11 is 0. The van der Waals surface area contributed by atoms with Crippen molar-refractivity contribution < 1.29 is 70.8 Å². The van der Waals surface area contributed by atoms with Crippen LogP contribution in [0.4, 0.5) is 52.7 Å². The standard InChI is InChI=1S/C24H15F12O4P/c25-21(26,27)19(22(28,29)30)20(23(31,32)33,24(34,35)36)40-41(39-19,18-14-8-3-9-15-18,37-16-10-4-1-5-11-16)38-17-12-6-2-7-13-17/h1-15H. The summed E-state index contributed by atoms with van der Waals surface area (Å²) < 4.78 is 194. The fourth-order valence-corrected chi connectivity index (χ4v) is 8.14. The molecule has 0 aromatic heterocycles. The van der Waals surface area contributed by atoms with E-state index < -0.39 is 60.2 Å². The minimum atomic E-state index is -7.67. The normalized spacial score (nSPS) is 20.9. The van der Waals surface area contributed by atoms with Gasteiger partial charge in [-0.05, 0) is 0 Å². The predicted molar refractivity (Wildman–Crippen MR) is 119 cm³/mol. The van der Waals surface area contributed by atoms with Crippen LogP contribution in [0.15, 0.2) is 91.0 Å². The molecule has 1 fully saturated rings. The summed E-state index contributed by atoms with van der Waals surface area (Å²) in [5, 5.41) is -1.25. The molecule has 4 nitrogen and oxygen atoms in total. The molecule has 4 rings (SSSR count). The van der Waals surface area contributed by atoms with Crippen LogP contribution in [0, 0.1) is 0 Å². The Morgan fingerprint density at radius 2 is 0.707 bits per heavy atom. The molecule has 0 saturated carbocycles. The van der Waals surface area contributed by atoms with Crippen LogP contribution in [-0.2, 0) is 9.05 Å². The van der Waals surface area contributed by atoms with Crippen molar-refractivity contribution in [2.75, 3.05) is 0 Å². The van der Waals surface area contributed by atoms with Crippen LogP contribution < -0.4 is 14.4 Å². The van der Waals surface area contributed by atoms with Crippen LogP contribution in [0.2, 0.25) is 0 Å². The Hall–Kier alpha value is -3.23. The average molecular weight is 626 g/mol. The average Bonchev–Trinajstić information content (AvgIpc) is 3.18. The summed E-state index contributed by atoms with van der Waals surface area (Å²) in [6.45, 7) is 0. The summed E-state index contributed by atoms with van der Waals surface area (Å²) in [5.41, 5.74) is -14.3. The van der Waals surface area contributed by atoms with E-state index >= 15 is 0 Å². The maximum absolute atomic E-state index is 14.6. The number of halogens is 12. The fraction of sp³-hybridized carbons (Fsp3) is 0.250. The Morgan fingerprint density at radius 1 is 0.439 bits per heavy atom. The van der Waals surface area contributed by atoms with Gasteiger partial charge < -0.3 is 0 Å². The molecule has 1 aliphatic heterocycles. The van der Waals surface area contributed by atoms with Gasteiger partial charge in [0, 0.05) is 0 Å². The first-order chi connectivity index (χ1) is 18.7. The van der Waals surface area contributed by atoms with Crippen molar-refractivity contribution in [3.05, 3.63) is 91.0 Å². The van der Waals surface area contributed by atoms with Gasteiger partial charge in [-0.1, -0.05) is 0 Å². The molecule has 0 atom stereocenters. The minimum absolute atomic E-state index is 0.560. The predicted octanol–water partition coefficient (Wildman–Crippen LogP) is 8.46. The molecule has 41 heavy (non-hydrogen) atoms. The number of rotatable bonds is 5. The zero-order valence-corrected chi connectivity index (χ0v) is 20.7. The molecule has 1 heterocycles. The second-order valence-corrected chi connectivity index (χ2v) is 11.4. The molecule has 17 heteroatoms. The van der Waals surface area contributed by atoms with Gasteiger partial charge in [0.2, 0.25) is 0 Å². The van der Waals surface area contributed by atoms with Gasteiger partial charge in [-0.15, -0.1) is 0 Å². The number of benzene rings is 3. The summed E-state index contributed by atoms with van der Waals surface area (Å²) in [5.74, 6) is -1.69. The Balaban J connectivity index is 2.29. The Morgan fingerprint density at radius 3 is 0.976 bits per heavy atom. The van der Waals surface area contributed by atoms with Crippen LogP contribution in [-0.4, -0.2) is 35.9 Å². The van der Waals surface area contributed by atoms with E-state index in [1.165, 1.54) is 12.1 Å². The molecule has 3 aromatic carbocycles. The van der Waals surface area contributed by atoms with Crippen molar-refractivity contribution in [3.8, 4) is 11.5 Å². The van der Waals surface area contributed by atoms with Crippen molar-refractivity contribution in [2.45, 2.75) is 35.9 Å². The third-order valence-electron chi connectivity index (χ3n) is 5.87. The molecular weight excluding hydrogens is 611 g/mol. The van der Waals surface area contributed by atoms with Crippen LogP contribution in [0.3, 0.4) is 0 Å². The van der Waals surface area contributed by atoms with Gasteiger partial charge in [0.1, 0.15) is 0 Å². The van der Waals surface area contributed by atoms with E-state index in [9.17, 15) is 52.7 Å². The van der Waals surface area contributed by atoms with Crippen LogP contribution >= 0.6 is 7.51 Å². The van der Waals surface area contributed by atoms with Crippen molar-refractivity contribution in [1.29, 1.82) is 0 Å².